The van der Waals surface area contributed by atoms with E-state index in [4.69, 9.17) is 9.52 Å². The molecule has 0 atom stereocenters. The Morgan fingerprint density at radius 1 is 1.11 bits per heavy atom. The number of carboxylic acid groups (broad SMARTS) is 1. The van der Waals surface area contributed by atoms with Gasteiger partial charge < -0.3 is 9.52 Å². The van der Waals surface area contributed by atoms with Gasteiger partial charge in [-0.3, -0.25) is 9.69 Å². The van der Waals surface area contributed by atoms with E-state index in [1.807, 2.05) is 65.6 Å². The second kappa shape index (κ2) is 8.58. The van der Waals surface area contributed by atoms with Gasteiger partial charge in [-0.05, 0) is 23.4 Å². The third-order valence-electron chi connectivity index (χ3n) is 4.52. The van der Waals surface area contributed by atoms with Crippen LogP contribution in [0.2, 0.25) is 0 Å². The van der Waals surface area contributed by atoms with Crippen LogP contribution in [0.25, 0.3) is 0 Å². The van der Waals surface area contributed by atoms with E-state index in [-0.39, 0.29) is 12.3 Å². The van der Waals surface area contributed by atoms with E-state index in [1.54, 1.807) is 13.2 Å². The van der Waals surface area contributed by atoms with E-state index in [9.17, 15) is 9.70 Å². The molecule has 7 nitrogen and oxygen atoms in total. The Morgan fingerprint density at radius 2 is 1.68 bits per heavy atom. The number of nitroso groups, excluding NO2 is 1. The van der Waals surface area contributed by atoms with Gasteiger partial charge in [0.1, 0.15) is 5.76 Å². The molecule has 0 amide bonds. The number of oxazole rings is 1. The van der Waals surface area contributed by atoms with Crippen molar-refractivity contribution in [3.05, 3.63) is 94.5 Å². The lowest BCUT2D eigenvalue weighted by atomic mass is 9.83. The summed E-state index contributed by atoms with van der Waals surface area (Å²) in [6.45, 7) is 0.749. The minimum Gasteiger partial charge on any atom is -0.481 e. The van der Waals surface area contributed by atoms with Crippen molar-refractivity contribution in [1.82, 2.24) is 9.88 Å². The smallest absolute Gasteiger partial charge is 0.304 e. The van der Waals surface area contributed by atoms with Crippen molar-refractivity contribution in [1.29, 1.82) is 0 Å². The predicted octanol–water partition coefficient (Wildman–Crippen LogP) is 3.64. The van der Waals surface area contributed by atoms with Crippen LogP contribution in [0.3, 0.4) is 0 Å². The van der Waals surface area contributed by atoms with Crippen LogP contribution in [0.5, 0.6) is 0 Å². The van der Waals surface area contributed by atoms with Crippen LogP contribution in [0.15, 0.2) is 76.5 Å². The number of aromatic nitrogens is 1. The maximum atomic E-state index is 12.2. The number of nitrogens with zero attached hydrogens (tertiary/aromatic N) is 3. The molecule has 144 valence electrons. The summed E-state index contributed by atoms with van der Waals surface area (Å²) in [5, 5.41) is 12.3. The highest BCUT2D eigenvalue weighted by Crippen LogP contribution is 2.40. The summed E-state index contributed by atoms with van der Waals surface area (Å²) >= 11 is 0. The van der Waals surface area contributed by atoms with Crippen LogP contribution in [0.4, 0.5) is 0 Å². The molecule has 1 aromatic heterocycles. The van der Waals surface area contributed by atoms with E-state index in [0.29, 0.717) is 30.0 Å². The summed E-state index contributed by atoms with van der Waals surface area (Å²) in [5.74, 6) is -0.147. The lowest BCUT2D eigenvalue weighted by Crippen LogP contribution is -2.27. The Kier molecular flexibility index (Phi) is 5.96. The van der Waals surface area contributed by atoms with Crippen LogP contribution in [-0.4, -0.2) is 34.6 Å². The highest BCUT2D eigenvalue weighted by Gasteiger charge is 2.43. The Morgan fingerprint density at radius 3 is 2.18 bits per heavy atom. The minimum absolute atomic E-state index is 0.0331. The molecule has 3 rings (SSSR count). The first kappa shape index (κ1) is 19.4. The molecule has 3 aromatic rings. The monoisotopic (exact) mass is 379 g/mol. The number of aliphatic carboxylic acids is 1. The number of carboxylic acids is 1. The normalized spacial score (nSPS) is 11.5. The van der Waals surface area contributed by atoms with Gasteiger partial charge in [0.2, 0.25) is 11.4 Å². The second-order valence-electron chi connectivity index (χ2n) is 6.55. The maximum absolute atomic E-state index is 12.2. The molecule has 0 aliphatic heterocycles. The molecule has 1 heterocycles. The van der Waals surface area contributed by atoms with E-state index in [0.717, 1.165) is 0 Å². The Balaban J connectivity index is 1.98. The summed E-state index contributed by atoms with van der Waals surface area (Å²) < 4.78 is 5.93. The molecule has 0 fully saturated rings. The molecular weight excluding hydrogens is 358 g/mol. The van der Waals surface area contributed by atoms with Crippen molar-refractivity contribution in [3.63, 3.8) is 0 Å². The van der Waals surface area contributed by atoms with Gasteiger partial charge in [0.25, 0.3) is 0 Å². The molecule has 0 aliphatic carbocycles. The number of hydrogen-bond donors (Lipinski definition) is 1. The molecule has 7 heteroatoms. The Hall–Kier alpha value is -3.32. The Labute approximate surface area is 162 Å². The van der Waals surface area contributed by atoms with Gasteiger partial charge in [0.15, 0.2) is 0 Å². The SMILES string of the molecule is CN(CCC(=O)O)Cc1cnc(C(N=O)(c2ccccc2)c2ccccc2)o1. The average molecular weight is 379 g/mol. The third-order valence-corrected chi connectivity index (χ3v) is 4.52. The number of carbonyl (C=O) groups is 1. The first-order chi connectivity index (χ1) is 13.6. The van der Waals surface area contributed by atoms with Gasteiger partial charge in [-0.2, -0.15) is 0 Å². The number of rotatable bonds is 9. The van der Waals surface area contributed by atoms with Gasteiger partial charge >= 0.3 is 5.97 Å². The fourth-order valence-corrected chi connectivity index (χ4v) is 3.10. The van der Waals surface area contributed by atoms with Crippen molar-refractivity contribution in [3.8, 4) is 0 Å². The van der Waals surface area contributed by atoms with Gasteiger partial charge in [-0.15, -0.1) is 4.91 Å². The molecule has 0 saturated heterocycles. The van der Waals surface area contributed by atoms with E-state index in [2.05, 4.69) is 10.2 Å². The summed E-state index contributed by atoms with van der Waals surface area (Å²) in [4.78, 5) is 29.1. The lowest BCUT2D eigenvalue weighted by Gasteiger charge is -2.24. The van der Waals surface area contributed by atoms with Crippen molar-refractivity contribution in [2.45, 2.75) is 18.5 Å². The molecule has 0 saturated carbocycles. The van der Waals surface area contributed by atoms with Crippen LogP contribution in [0.1, 0.15) is 29.2 Å². The molecule has 2 aromatic carbocycles. The van der Waals surface area contributed by atoms with Gasteiger partial charge in [0.05, 0.1) is 19.2 Å². The molecule has 0 radical (unpaired) electrons. The average Bonchev–Trinajstić information content (AvgIpc) is 3.18. The quantitative estimate of drug-likeness (QED) is 0.570. The van der Waals surface area contributed by atoms with Crippen LogP contribution < -0.4 is 0 Å². The van der Waals surface area contributed by atoms with Crippen LogP contribution >= 0.6 is 0 Å². The fourth-order valence-electron chi connectivity index (χ4n) is 3.10. The maximum Gasteiger partial charge on any atom is 0.304 e. The summed E-state index contributed by atoms with van der Waals surface area (Å²) in [6.07, 6.45) is 1.59. The summed E-state index contributed by atoms with van der Waals surface area (Å²) in [7, 11) is 1.80. The zero-order valence-electron chi connectivity index (χ0n) is 15.5. The zero-order chi connectivity index (χ0) is 20.0. The predicted molar refractivity (Wildman–Crippen MR) is 104 cm³/mol. The number of benzene rings is 2. The van der Waals surface area contributed by atoms with Gasteiger partial charge in [-0.25, -0.2) is 4.98 Å². The highest BCUT2D eigenvalue weighted by atomic mass is 16.4. The topological polar surface area (TPSA) is 96.0 Å². The van der Waals surface area contributed by atoms with Crippen LogP contribution in [-0.2, 0) is 16.9 Å². The molecule has 0 unspecified atom stereocenters. The van der Waals surface area contributed by atoms with E-state index < -0.39 is 11.5 Å². The first-order valence-corrected chi connectivity index (χ1v) is 8.87. The van der Waals surface area contributed by atoms with Crippen molar-refractivity contribution >= 4 is 5.97 Å². The minimum atomic E-state index is -1.40. The van der Waals surface area contributed by atoms with Crippen molar-refractivity contribution in [2.24, 2.45) is 5.18 Å². The number of hydrogen-bond acceptors (Lipinski definition) is 6. The summed E-state index contributed by atoms with van der Waals surface area (Å²) in [5.41, 5.74) is -0.0897. The molecule has 0 bridgehead atoms. The largest absolute Gasteiger partial charge is 0.481 e. The molecule has 0 spiro atoms. The zero-order valence-corrected chi connectivity index (χ0v) is 15.5. The van der Waals surface area contributed by atoms with Gasteiger partial charge in [-0.1, -0.05) is 60.7 Å². The molecule has 28 heavy (non-hydrogen) atoms. The molecule has 1 N–H and O–H groups in total. The molecular formula is C21H21N3O4. The van der Waals surface area contributed by atoms with E-state index >= 15 is 0 Å². The second-order valence-corrected chi connectivity index (χ2v) is 6.55. The lowest BCUT2D eigenvalue weighted by molar-refractivity contribution is -0.137. The van der Waals surface area contributed by atoms with Crippen molar-refractivity contribution < 1.29 is 14.3 Å². The van der Waals surface area contributed by atoms with Crippen LogP contribution in [0, 0.1) is 4.91 Å². The first-order valence-electron chi connectivity index (χ1n) is 8.87. The molecule has 0 aliphatic rings. The van der Waals surface area contributed by atoms with Gasteiger partial charge in [0, 0.05) is 6.54 Å². The third kappa shape index (κ3) is 3.99. The van der Waals surface area contributed by atoms with E-state index in [1.165, 1.54) is 0 Å². The fraction of sp³-hybridized carbons (Fsp3) is 0.238. The Bertz CT molecular complexity index is 886. The highest BCUT2D eigenvalue weighted by molar-refractivity contribution is 5.66. The summed E-state index contributed by atoms with van der Waals surface area (Å²) in [6, 6.07) is 18.3. The standard InChI is InChI=1S/C21H21N3O4/c1-24(13-12-19(25)26)15-18-14-22-20(28-18)21(23-27,16-8-4-2-5-9-16)17-10-6-3-7-11-17/h2-11,14H,12-13,15H2,1H3,(H,25,26). The van der Waals surface area contributed by atoms with Crippen molar-refractivity contribution in [2.75, 3.05) is 13.6 Å².